The van der Waals surface area contributed by atoms with Gasteiger partial charge in [0.05, 0.1) is 24.5 Å². The van der Waals surface area contributed by atoms with Crippen LogP contribution in [0.1, 0.15) is 39.5 Å². The molecule has 0 aliphatic heterocycles. The van der Waals surface area contributed by atoms with Crippen molar-refractivity contribution < 1.29 is 14.3 Å². The molecule has 4 rings (SSSR count). The van der Waals surface area contributed by atoms with Crippen molar-refractivity contribution in [3.63, 3.8) is 0 Å². The molecule has 0 bridgehead atoms. The van der Waals surface area contributed by atoms with Crippen molar-refractivity contribution in [2.24, 2.45) is 0 Å². The van der Waals surface area contributed by atoms with E-state index in [4.69, 9.17) is 10.5 Å². The van der Waals surface area contributed by atoms with Crippen LogP contribution in [0, 0.1) is 0 Å². The second-order valence-electron chi connectivity index (χ2n) is 8.01. The molecule has 170 valence electrons. The number of hydrogen-bond donors (Lipinski definition) is 4. The Hall–Kier alpha value is -4.00. The van der Waals surface area contributed by atoms with Crippen molar-refractivity contribution in [3.05, 3.63) is 89.0 Å². The number of amides is 3. The van der Waals surface area contributed by atoms with Crippen LogP contribution in [0.3, 0.4) is 0 Å². The van der Waals surface area contributed by atoms with E-state index < -0.39 is 0 Å². The summed E-state index contributed by atoms with van der Waals surface area (Å²) in [6.45, 7) is 0.507. The number of carbonyl (C=O) groups is 2. The fraction of sp³-hybridized carbons (Fsp3) is 0.231. The summed E-state index contributed by atoms with van der Waals surface area (Å²) >= 11 is 0. The fourth-order valence-electron chi connectivity index (χ4n) is 4.14. The minimum absolute atomic E-state index is 0.0758. The van der Waals surface area contributed by atoms with E-state index in [9.17, 15) is 9.59 Å². The van der Waals surface area contributed by atoms with Gasteiger partial charge in [-0.3, -0.25) is 4.79 Å². The molecule has 1 atom stereocenters. The summed E-state index contributed by atoms with van der Waals surface area (Å²) in [5.74, 6) is 0.611. The Balaban J connectivity index is 1.32. The van der Waals surface area contributed by atoms with Gasteiger partial charge in [0, 0.05) is 12.1 Å². The first-order chi connectivity index (χ1) is 16.0. The molecule has 0 saturated carbocycles. The predicted molar refractivity (Wildman–Crippen MR) is 130 cm³/mol. The van der Waals surface area contributed by atoms with Crippen LogP contribution in [-0.2, 0) is 12.8 Å². The largest absolute Gasteiger partial charge is 0.496 e. The highest BCUT2D eigenvalue weighted by molar-refractivity contribution is 6.05. The van der Waals surface area contributed by atoms with Crippen LogP contribution in [0.5, 0.6) is 5.75 Å². The lowest BCUT2D eigenvalue weighted by Gasteiger charge is -2.16. The average molecular weight is 445 g/mol. The molecule has 7 heteroatoms. The Kier molecular flexibility index (Phi) is 6.78. The summed E-state index contributed by atoms with van der Waals surface area (Å²) < 4.78 is 5.35. The first kappa shape index (κ1) is 22.2. The first-order valence-corrected chi connectivity index (χ1v) is 11.0. The van der Waals surface area contributed by atoms with Crippen LogP contribution in [0.15, 0.2) is 66.7 Å². The van der Waals surface area contributed by atoms with E-state index in [1.807, 2.05) is 48.5 Å². The van der Waals surface area contributed by atoms with Crippen LogP contribution >= 0.6 is 0 Å². The first-order valence-electron chi connectivity index (χ1n) is 11.0. The number of nitrogens with one attached hydrogen (secondary N) is 3. The lowest BCUT2D eigenvalue weighted by Crippen LogP contribution is -2.38. The Morgan fingerprint density at radius 3 is 2.67 bits per heavy atom. The zero-order valence-corrected chi connectivity index (χ0v) is 18.6. The van der Waals surface area contributed by atoms with Crippen molar-refractivity contribution in [3.8, 4) is 5.75 Å². The zero-order chi connectivity index (χ0) is 23.2. The van der Waals surface area contributed by atoms with Gasteiger partial charge in [-0.25, -0.2) is 4.79 Å². The van der Waals surface area contributed by atoms with E-state index in [2.05, 4.69) is 16.0 Å². The summed E-state index contributed by atoms with van der Waals surface area (Å²) in [5, 5.41) is 8.82. The highest BCUT2D eigenvalue weighted by Crippen LogP contribution is 2.32. The summed E-state index contributed by atoms with van der Waals surface area (Å²) in [7, 11) is 1.64. The number of para-hydroxylation sites is 3. The molecule has 0 spiro atoms. The third-order valence-corrected chi connectivity index (χ3v) is 5.87. The van der Waals surface area contributed by atoms with Gasteiger partial charge in [-0.2, -0.15) is 0 Å². The van der Waals surface area contributed by atoms with Crippen molar-refractivity contribution in [1.82, 2.24) is 10.6 Å². The van der Waals surface area contributed by atoms with E-state index >= 15 is 0 Å². The van der Waals surface area contributed by atoms with Gasteiger partial charge < -0.3 is 26.4 Å². The van der Waals surface area contributed by atoms with Gasteiger partial charge >= 0.3 is 6.03 Å². The molecular weight excluding hydrogens is 416 g/mol. The molecule has 0 radical (unpaired) electrons. The topological polar surface area (TPSA) is 105 Å². The molecule has 0 saturated heterocycles. The van der Waals surface area contributed by atoms with E-state index in [1.54, 1.807) is 25.3 Å². The third-order valence-electron chi connectivity index (χ3n) is 5.87. The number of nitrogens with two attached hydrogens (primary N) is 1. The number of benzene rings is 3. The Bertz CT molecular complexity index is 1160. The third kappa shape index (κ3) is 5.26. The number of urea groups is 1. The van der Waals surface area contributed by atoms with Gasteiger partial charge in [-0.05, 0) is 66.3 Å². The normalized spacial score (nSPS) is 14.3. The van der Waals surface area contributed by atoms with Crippen LogP contribution in [0.2, 0.25) is 0 Å². The predicted octanol–water partition coefficient (Wildman–Crippen LogP) is 4.06. The molecule has 1 aliphatic carbocycles. The number of ether oxygens (including phenoxy) is 1. The summed E-state index contributed by atoms with van der Waals surface area (Å²) in [6, 6.07) is 20.3. The lowest BCUT2D eigenvalue weighted by molar-refractivity contribution is 0.102. The minimum Gasteiger partial charge on any atom is -0.496 e. The highest BCUT2D eigenvalue weighted by Gasteiger charge is 2.25. The molecular formula is C26H28N4O3. The number of nitrogen functional groups attached to an aromatic ring is 1. The Morgan fingerprint density at radius 2 is 1.85 bits per heavy atom. The van der Waals surface area contributed by atoms with E-state index in [1.165, 1.54) is 0 Å². The number of carbonyl (C=O) groups excluding carboxylic acids is 2. The van der Waals surface area contributed by atoms with Crippen LogP contribution < -0.4 is 26.4 Å². The molecule has 5 N–H and O–H groups in total. The maximum Gasteiger partial charge on any atom is 0.315 e. The smallest absolute Gasteiger partial charge is 0.315 e. The van der Waals surface area contributed by atoms with Gasteiger partial charge in [0.25, 0.3) is 5.91 Å². The average Bonchev–Trinajstić information content (AvgIpc) is 3.22. The monoisotopic (exact) mass is 444 g/mol. The van der Waals surface area contributed by atoms with Crippen molar-refractivity contribution in [1.29, 1.82) is 0 Å². The van der Waals surface area contributed by atoms with Crippen LogP contribution in [-0.4, -0.2) is 25.6 Å². The molecule has 0 aromatic heterocycles. The standard InChI is InChI=1S/C26H28N4O3/c1-33-24-9-5-2-6-17(24)14-15-28-26(32)30-22-13-11-18-16-19(10-12-20(18)22)25(31)29-23-8-4-3-7-21(23)27/h2-10,12,16,22H,11,13-15,27H2,1H3,(H,29,31)(H2,28,30,32). The molecule has 3 aromatic carbocycles. The molecule has 1 aliphatic rings. The van der Waals surface area contributed by atoms with Crippen molar-refractivity contribution >= 4 is 23.3 Å². The summed E-state index contributed by atoms with van der Waals surface area (Å²) in [6.07, 6.45) is 2.28. The van der Waals surface area contributed by atoms with E-state index in [0.29, 0.717) is 29.9 Å². The Morgan fingerprint density at radius 1 is 1.06 bits per heavy atom. The maximum atomic E-state index is 12.7. The molecule has 0 heterocycles. The fourth-order valence-corrected chi connectivity index (χ4v) is 4.14. The van der Waals surface area contributed by atoms with E-state index in [0.717, 1.165) is 35.3 Å². The number of rotatable bonds is 7. The lowest BCUT2D eigenvalue weighted by atomic mass is 10.0. The number of hydrogen-bond acceptors (Lipinski definition) is 4. The van der Waals surface area contributed by atoms with Crippen LogP contribution in [0.25, 0.3) is 0 Å². The second kappa shape index (κ2) is 10.1. The van der Waals surface area contributed by atoms with Gasteiger partial charge in [0.1, 0.15) is 5.75 Å². The van der Waals surface area contributed by atoms with Gasteiger partial charge in [0.2, 0.25) is 0 Å². The summed E-state index contributed by atoms with van der Waals surface area (Å²) in [4.78, 5) is 25.1. The highest BCUT2D eigenvalue weighted by atomic mass is 16.5. The zero-order valence-electron chi connectivity index (χ0n) is 18.6. The number of aryl methyl sites for hydroxylation is 1. The number of anilines is 2. The quantitative estimate of drug-likeness (QED) is 0.413. The molecule has 7 nitrogen and oxygen atoms in total. The van der Waals surface area contributed by atoms with E-state index in [-0.39, 0.29) is 18.0 Å². The molecule has 3 amide bonds. The van der Waals surface area contributed by atoms with Gasteiger partial charge in [0.15, 0.2) is 0 Å². The van der Waals surface area contributed by atoms with Crippen LogP contribution in [0.4, 0.5) is 16.2 Å². The molecule has 3 aromatic rings. The Labute approximate surface area is 193 Å². The SMILES string of the molecule is COc1ccccc1CCNC(=O)NC1CCc2cc(C(=O)Nc3ccccc3N)ccc21. The van der Waals surface area contributed by atoms with Gasteiger partial charge in [-0.15, -0.1) is 0 Å². The molecule has 1 unspecified atom stereocenters. The summed E-state index contributed by atoms with van der Waals surface area (Å²) in [5.41, 5.74) is 10.8. The maximum absolute atomic E-state index is 12.7. The molecule has 0 fully saturated rings. The number of fused-ring (bicyclic) bond motifs is 1. The van der Waals surface area contributed by atoms with Gasteiger partial charge in [-0.1, -0.05) is 36.4 Å². The molecule has 33 heavy (non-hydrogen) atoms. The van der Waals surface area contributed by atoms with Crippen molar-refractivity contribution in [2.45, 2.75) is 25.3 Å². The van der Waals surface area contributed by atoms with Crippen molar-refractivity contribution in [2.75, 3.05) is 24.7 Å². The second-order valence-corrected chi connectivity index (χ2v) is 8.01. The minimum atomic E-state index is -0.207. The number of methoxy groups -OCH3 is 1.